The SMILES string of the molecule is CCCC12OC(=N)C(C#N)(C1CC)C(C#N)(C#N)C(c1cc(OC)c(OC)cc1OC)O2. The van der Waals surface area contributed by atoms with Crippen LogP contribution in [0.25, 0.3) is 0 Å². The summed E-state index contributed by atoms with van der Waals surface area (Å²) in [5, 5.41) is 39.8. The number of fused-ring (bicyclic) bond motifs is 2. The lowest BCUT2D eigenvalue weighted by molar-refractivity contribution is -0.286. The van der Waals surface area contributed by atoms with Gasteiger partial charge in [0.2, 0.25) is 17.1 Å². The molecule has 2 heterocycles. The summed E-state index contributed by atoms with van der Waals surface area (Å²) in [6.45, 7) is 3.77. The summed E-state index contributed by atoms with van der Waals surface area (Å²) in [4.78, 5) is 0. The van der Waals surface area contributed by atoms with Gasteiger partial charge in [0.15, 0.2) is 16.9 Å². The summed E-state index contributed by atoms with van der Waals surface area (Å²) >= 11 is 0. The number of rotatable bonds is 7. The van der Waals surface area contributed by atoms with Crippen molar-refractivity contribution in [2.24, 2.45) is 16.7 Å². The van der Waals surface area contributed by atoms with Crippen LogP contribution in [0.4, 0.5) is 0 Å². The van der Waals surface area contributed by atoms with Gasteiger partial charge in [-0.05, 0) is 18.9 Å². The first-order valence-corrected chi connectivity index (χ1v) is 10.3. The average Bonchev–Trinajstić information content (AvgIpc) is 3.01. The highest BCUT2D eigenvalue weighted by Gasteiger charge is 2.79. The Bertz CT molecular complexity index is 1040. The van der Waals surface area contributed by atoms with E-state index in [2.05, 4.69) is 6.07 Å². The fourth-order valence-electron chi connectivity index (χ4n) is 5.21. The predicted octanol–water partition coefficient (Wildman–Crippen LogP) is 3.86. The molecule has 1 aromatic carbocycles. The molecule has 0 radical (unpaired) electrons. The van der Waals surface area contributed by atoms with Crippen molar-refractivity contribution in [1.29, 1.82) is 21.2 Å². The molecule has 0 aromatic heterocycles. The van der Waals surface area contributed by atoms with E-state index in [0.717, 1.165) is 0 Å². The zero-order valence-corrected chi connectivity index (χ0v) is 18.8. The normalized spacial score (nSPS) is 29.8. The fourth-order valence-corrected chi connectivity index (χ4v) is 5.21. The van der Waals surface area contributed by atoms with Crippen molar-refractivity contribution in [2.75, 3.05) is 21.3 Å². The van der Waals surface area contributed by atoms with Crippen LogP contribution >= 0.6 is 0 Å². The lowest BCUT2D eigenvalue weighted by Gasteiger charge is -2.49. The van der Waals surface area contributed by atoms with Crippen LogP contribution in [0.15, 0.2) is 12.1 Å². The smallest absolute Gasteiger partial charge is 0.217 e. The van der Waals surface area contributed by atoms with E-state index >= 15 is 0 Å². The number of nitriles is 3. The molecule has 4 atom stereocenters. The lowest BCUT2D eigenvalue weighted by atomic mass is 9.52. The number of hydrogen-bond donors (Lipinski definition) is 1. The molecule has 1 N–H and O–H groups in total. The van der Waals surface area contributed by atoms with Crippen LogP contribution in [0.1, 0.15) is 44.8 Å². The van der Waals surface area contributed by atoms with Gasteiger partial charge in [0.05, 0.1) is 45.5 Å². The number of ether oxygens (including phenoxy) is 5. The minimum absolute atomic E-state index is 0.295. The molecule has 2 aliphatic rings. The minimum Gasteiger partial charge on any atom is -0.496 e. The summed E-state index contributed by atoms with van der Waals surface area (Å²) in [6, 6.07) is 9.40. The van der Waals surface area contributed by atoms with Gasteiger partial charge in [0.25, 0.3) is 0 Å². The molecular formula is C23H26N4O5. The number of benzene rings is 1. The third kappa shape index (κ3) is 2.66. The number of nitrogens with one attached hydrogen (secondary N) is 1. The summed E-state index contributed by atoms with van der Waals surface area (Å²) in [5.41, 5.74) is -3.55. The Labute approximate surface area is 187 Å². The van der Waals surface area contributed by atoms with Gasteiger partial charge >= 0.3 is 0 Å². The molecule has 2 saturated heterocycles. The maximum Gasteiger partial charge on any atom is 0.217 e. The number of methoxy groups -OCH3 is 3. The van der Waals surface area contributed by atoms with Crippen LogP contribution in [0, 0.1) is 56.2 Å². The molecule has 32 heavy (non-hydrogen) atoms. The van der Waals surface area contributed by atoms with Crippen LogP contribution in [-0.4, -0.2) is 33.0 Å². The first kappa shape index (κ1) is 23.2. The Hall–Kier alpha value is -3.48. The Morgan fingerprint density at radius 2 is 1.56 bits per heavy atom. The highest BCUT2D eigenvalue weighted by atomic mass is 16.7. The molecule has 2 bridgehead atoms. The van der Waals surface area contributed by atoms with Gasteiger partial charge < -0.3 is 23.7 Å². The second kappa shape index (κ2) is 8.22. The maximum absolute atomic E-state index is 10.4. The molecule has 4 unspecified atom stereocenters. The van der Waals surface area contributed by atoms with Crippen LogP contribution < -0.4 is 14.2 Å². The number of hydrogen-bond acceptors (Lipinski definition) is 9. The Kier molecular flexibility index (Phi) is 5.96. The van der Waals surface area contributed by atoms with Crippen LogP contribution in [0.3, 0.4) is 0 Å². The molecule has 1 aromatic rings. The predicted molar refractivity (Wildman–Crippen MR) is 112 cm³/mol. The van der Waals surface area contributed by atoms with E-state index in [1.165, 1.54) is 21.3 Å². The second-order valence-electron chi connectivity index (χ2n) is 7.85. The van der Waals surface area contributed by atoms with E-state index in [0.29, 0.717) is 42.1 Å². The van der Waals surface area contributed by atoms with Gasteiger partial charge in [0.1, 0.15) is 11.9 Å². The van der Waals surface area contributed by atoms with Gasteiger partial charge in [-0.3, -0.25) is 5.41 Å². The molecule has 3 rings (SSSR count). The summed E-state index contributed by atoms with van der Waals surface area (Å²) < 4.78 is 28.7. The van der Waals surface area contributed by atoms with E-state index < -0.39 is 34.5 Å². The standard InChI is InChI=1S/C23H26N4O5/c1-6-8-23-18(7-2)22(13-26,20(27)32-23)21(11-24,12-25)19(31-23)14-9-16(29-4)17(30-5)10-15(14)28-3/h9-10,18-19,27H,6-8H2,1-5H3. The van der Waals surface area contributed by atoms with E-state index in [4.69, 9.17) is 29.1 Å². The molecule has 0 spiro atoms. The van der Waals surface area contributed by atoms with Crippen LogP contribution in [-0.2, 0) is 9.47 Å². The van der Waals surface area contributed by atoms with Gasteiger partial charge in [-0.1, -0.05) is 13.8 Å². The van der Waals surface area contributed by atoms with Gasteiger partial charge in [0, 0.05) is 18.1 Å². The third-order valence-electron chi connectivity index (χ3n) is 6.57. The second-order valence-corrected chi connectivity index (χ2v) is 7.85. The van der Waals surface area contributed by atoms with Crippen molar-refractivity contribution < 1.29 is 23.7 Å². The maximum atomic E-state index is 10.4. The molecular weight excluding hydrogens is 412 g/mol. The first-order valence-electron chi connectivity index (χ1n) is 10.3. The largest absolute Gasteiger partial charge is 0.496 e. The Morgan fingerprint density at radius 3 is 2.03 bits per heavy atom. The fraction of sp³-hybridized carbons (Fsp3) is 0.565. The molecule has 0 amide bonds. The van der Waals surface area contributed by atoms with E-state index in [1.807, 2.05) is 26.0 Å². The molecule has 2 fully saturated rings. The first-order chi connectivity index (χ1) is 15.3. The van der Waals surface area contributed by atoms with Crippen molar-refractivity contribution in [2.45, 2.75) is 45.0 Å². The van der Waals surface area contributed by atoms with Gasteiger partial charge in [-0.25, -0.2) is 0 Å². The van der Waals surface area contributed by atoms with Crippen molar-refractivity contribution in [3.63, 3.8) is 0 Å². The lowest BCUT2D eigenvalue weighted by Crippen LogP contribution is -2.59. The van der Waals surface area contributed by atoms with E-state index in [9.17, 15) is 15.8 Å². The number of nitrogens with zero attached hydrogens (tertiary/aromatic N) is 3. The van der Waals surface area contributed by atoms with E-state index in [-0.39, 0.29) is 0 Å². The Morgan fingerprint density at radius 1 is 0.969 bits per heavy atom. The van der Waals surface area contributed by atoms with Crippen LogP contribution in [0.5, 0.6) is 17.2 Å². The molecule has 0 saturated carbocycles. The zero-order valence-electron chi connectivity index (χ0n) is 18.8. The zero-order chi connectivity index (χ0) is 23.7. The molecule has 9 heteroatoms. The van der Waals surface area contributed by atoms with Crippen molar-refractivity contribution in [3.05, 3.63) is 17.7 Å². The van der Waals surface area contributed by atoms with Gasteiger partial charge in [-0.2, -0.15) is 15.8 Å². The van der Waals surface area contributed by atoms with Crippen molar-refractivity contribution in [3.8, 4) is 35.5 Å². The highest BCUT2D eigenvalue weighted by Crippen LogP contribution is 2.68. The molecule has 0 aliphatic carbocycles. The summed E-state index contributed by atoms with van der Waals surface area (Å²) in [6.07, 6.45) is 0.171. The quantitative estimate of drug-likeness (QED) is 0.676. The Balaban J connectivity index is 2.40. The summed E-state index contributed by atoms with van der Waals surface area (Å²) in [7, 11) is 4.38. The van der Waals surface area contributed by atoms with E-state index in [1.54, 1.807) is 12.1 Å². The molecule has 2 aliphatic heterocycles. The van der Waals surface area contributed by atoms with Crippen molar-refractivity contribution >= 4 is 5.90 Å². The monoisotopic (exact) mass is 438 g/mol. The van der Waals surface area contributed by atoms with Gasteiger partial charge in [-0.15, -0.1) is 0 Å². The molecule has 168 valence electrons. The highest BCUT2D eigenvalue weighted by molar-refractivity contribution is 5.89. The van der Waals surface area contributed by atoms with Crippen LogP contribution in [0.2, 0.25) is 0 Å². The molecule has 9 nitrogen and oxygen atoms in total. The average molecular weight is 438 g/mol. The summed E-state index contributed by atoms with van der Waals surface area (Å²) in [5.74, 6) is -1.38. The van der Waals surface area contributed by atoms with Crippen molar-refractivity contribution in [1.82, 2.24) is 0 Å². The minimum atomic E-state index is -2.07. The third-order valence-corrected chi connectivity index (χ3v) is 6.57. The topological polar surface area (TPSA) is 141 Å².